The predicted molar refractivity (Wildman–Crippen MR) is 114 cm³/mol. The van der Waals surface area contributed by atoms with Crippen molar-refractivity contribution in [1.82, 2.24) is 19.9 Å². The Hall–Kier alpha value is -2.71. The normalized spacial score (nSPS) is 17.3. The largest absolute Gasteiger partial charge is 0.497 e. The fourth-order valence-electron chi connectivity index (χ4n) is 3.70. The van der Waals surface area contributed by atoms with Gasteiger partial charge in [0.25, 0.3) is 5.91 Å². The van der Waals surface area contributed by atoms with E-state index in [0.717, 1.165) is 60.3 Å². The van der Waals surface area contributed by atoms with Gasteiger partial charge in [-0.3, -0.25) is 9.69 Å². The van der Waals surface area contributed by atoms with Crippen molar-refractivity contribution in [3.8, 4) is 16.3 Å². The fourth-order valence-corrected chi connectivity index (χ4v) is 4.51. The first-order valence-electron chi connectivity index (χ1n) is 10.3. The molecule has 3 aromatic rings. The van der Waals surface area contributed by atoms with Crippen molar-refractivity contribution in [3.05, 3.63) is 52.9 Å². The molecule has 0 bridgehead atoms. The quantitative estimate of drug-likeness (QED) is 0.602. The van der Waals surface area contributed by atoms with Crippen molar-refractivity contribution in [3.63, 3.8) is 0 Å². The summed E-state index contributed by atoms with van der Waals surface area (Å²) in [4.78, 5) is 21.7. The third kappa shape index (κ3) is 4.11. The van der Waals surface area contributed by atoms with Crippen molar-refractivity contribution in [1.29, 1.82) is 0 Å². The summed E-state index contributed by atoms with van der Waals surface area (Å²) in [6.07, 6.45) is 2.27. The highest BCUT2D eigenvalue weighted by molar-refractivity contribution is 7.13. The molecule has 2 aliphatic rings. The van der Waals surface area contributed by atoms with E-state index in [0.29, 0.717) is 24.7 Å². The van der Waals surface area contributed by atoms with Gasteiger partial charge in [0.1, 0.15) is 16.5 Å². The van der Waals surface area contributed by atoms with Gasteiger partial charge in [-0.25, -0.2) is 4.98 Å². The Labute approximate surface area is 179 Å². The molecule has 8 heteroatoms. The molecule has 0 N–H and O–H groups in total. The number of methoxy groups -OCH3 is 1. The highest BCUT2D eigenvalue weighted by Gasteiger charge is 2.30. The number of amides is 1. The molecule has 2 aromatic heterocycles. The van der Waals surface area contributed by atoms with E-state index in [1.54, 1.807) is 18.4 Å². The zero-order valence-electron chi connectivity index (χ0n) is 16.9. The Kier molecular flexibility index (Phi) is 5.26. The van der Waals surface area contributed by atoms with E-state index in [2.05, 4.69) is 15.4 Å². The Morgan fingerprint density at radius 1 is 1.20 bits per heavy atom. The van der Waals surface area contributed by atoms with Gasteiger partial charge in [-0.15, -0.1) is 11.3 Å². The average Bonchev–Trinajstić information content (AvgIpc) is 3.33. The third-order valence-electron chi connectivity index (χ3n) is 5.66. The van der Waals surface area contributed by atoms with Gasteiger partial charge in [0.05, 0.1) is 12.8 Å². The van der Waals surface area contributed by atoms with E-state index in [4.69, 9.17) is 14.2 Å². The zero-order valence-corrected chi connectivity index (χ0v) is 17.7. The van der Waals surface area contributed by atoms with Crippen LogP contribution in [0, 0.1) is 0 Å². The SMILES string of the molecule is COc1ccc(-c2nc(CN3CCN(C(=O)c4cc(C5CC5)on4)CC3)cs2)cc1. The second-order valence-electron chi connectivity index (χ2n) is 7.83. The summed E-state index contributed by atoms with van der Waals surface area (Å²) in [5.74, 6) is 2.14. The van der Waals surface area contributed by atoms with E-state index < -0.39 is 0 Å². The minimum atomic E-state index is -0.0271. The molecular formula is C22H24N4O3S. The molecule has 5 rings (SSSR count). The van der Waals surface area contributed by atoms with Crippen molar-refractivity contribution in [2.24, 2.45) is 0 Å². The van der Waals surface area contributed by atoms with Crippen LogP contribution in [0.5, 0.6) is 5.75 Å². The topological polar surface area (TPSA) is 71.7 Å². The molecule has 156 valence electrons. The maximum Gasteiger partial charge on any atom is 0.276 e. The monoisotopic (exact) mass is 424 g/mol. The van der Waals surface area contributed by atoms with Crippen LogP contribution in [0.2, 0.25) is 0 Å². The van der Waals surface area contributed by atoms with Crippen LogP contribution in [0.4, 0.5) is 0 Å². The standard InChI is InChI=1S/C22H24N4O3S/c1-28-18-6-4-16(5-7-18)21-23-17(14-30-21)13-25-8-10-26(11-9-25)22(27)19-12-20(29-24-19)15-2-3-15/h4-7,12,14-15H,2-3,8-11,13H2,1H3. The summed E-state index contributed by atoms with van der Waals surface area (Å²) < 4.78 is 10.5. The van der Waals surface area contributed by atoms with Crippen molar-refractivity contribution >= 4 is 17.2 Å². The Bertz CT molecular complexity index is 1020. The lowest BCUT2D eigenvalue weighted by molar-refractivity contribution is 0.0617. The number of piperazine rings is 1. The zero-order chi connectivity index (χ0) is 20.5. The van der Waals surface area contributed by atoms with E-state index >= 15 is 0 Å². The van der Waals surface area contributed by atoms with Crippen molar-refractivity contribution < 1.29 is 14.1 Å². The Morgan fingerprint density at radius 2 is 1.97 bits per heavy atom. The molecule has 0 unspecified atom stereocenters. The molecule has 1 saturated carbocycles. The lowest BCUT2D eigenvalue weighted by Gasteiger charge is -2.33. The van der Waals surface area contributed by atoms with Crippen LogP contribution in [-0.4, -0.2) is 59.1 Å². The number of hydrogen-bond donors (Lipinski definition) is 0. The van der Waals surface area contributed by atoms with E-state index in [-0.39, 0.29) is 5.91 Å². The lowest BCUT2D eigenvalue weighted by atomic mass is 10.2. The summed E-state index contributed by atoms with van der Waals surface area (Å²) in [6, 6.07) is 9.79. The van der Waals surface area contributed by atoms with Crippen LogP contribution in [0.15, 0.2) is 40.2 Å². The summed E-state index contributed by atoms with van der Waals surface area (Å²) in [5.41, 5.74) is 2.60. The van der Waals surface area contributed by atoms with Crippen LogP contribution in [0.3, 0.4) is 0 Å². The van der Waals surface area contributed by atoms with Gasteiger partial charge in [0, 0.05) is 55.7 Å². The Balaban J connectivity index is 1.15. The van der Waals surface area contributed by atoms with Gasteiger partial charge in [-0.05, 0) is 37.1 Å². The molecular weight excluding hydrogens is 400 g/mol. The summed E-state index contributed by atoms with van der Waals surface area (Å²) in [5, 5.41) is 7.12. The van der Waals surface area contributed by atoms with E-state index in [1.165, 1.54) is 0 Å². The fraction of sp³-hybridized carbons (Fsp3) is 0.409. The second kappa shape index (κ2) is 8.20. The van der Waals surface area contributed by atoms with Crippen LogP contribution in [0.1, 0.15) is 40.7 Å². The van der Waals surface area contributed by atoms with Crippen molar-refractivity contribution in [2.75, 3.05) is 33.3 Å². The molecule has 3 heterocycles. The van der Waals surface area contributed by atoms with Crippen LogP contribution in [0.25, 0.3) is 10.6 Å². The smallest absolute Gasteiger partial charge is 0.276 e. The molecule has 1 amide bonds. The van der Waals surface area contributed by atoms with E-state index in [1.807, 2.05) is 35.2 Å². The third-order valence-corrected chi connectivity index (χ3v) is 6.60. The average molecular weight is 425 g/mol. The number of aromatic nitrogens is 2. The molecule has 1 saturated heterocycles. The number of nitrogens with zero attached hydrogens (tertiary/aromatic N) is 4. The maximum atomic E-state index is 12.7. The van der Waals surface area contributed by atoms with Crippen LogP contribution >= 0.6 is 11.3 Å². The lowest BCUT2D eigenvalue weighted by Crippen LogP contribution is -2.48. The highest BCUT2D eigenvalue weighted by Crippen LogP contribution is 2.40. The summed E-state index contributed by atoms with van der Waals surface area (Å²) in [7, 11) is 1.67. The number of carbonyl (C=O) groups excluding carboxylic acids is 1. The van der Waals surface area contributed by atoms with Crippen LogP contribution < -0.4 is 4.74 Å². The first-order valence-corrected chi connectivity index (χ1v) is 11.1. The summed E-state index contributed by atoms with van der Waals surface area (Å²) >= 11 is 1.66. The highest BCUT2D eigenvalue weighted by atomic mass is 32.1. The van der Waals surface area contributed by atoms with Gasteiger partial charge in [-0.2, -0.15) is 0 Å². The first-order chi connectivity index (χ1) is 14.7. The minimum Gasteiger partial charge on any atom is -0.497 e. The number of thiazole rings is 1. The molecule has 0 spiro atoms. The predicted octanol–water partition coefficient (Wildman–Crippen LogP) is 3.64. The molecule has 1 aromatic carbocycles. The minimum absolute atomic E-state index is 0.0271. The Morgan fingerprint density at radius 3 is 2.67 bits per heavy atom. The van der Waals surface area contributed by atoms with Gasteiger partial charge in [0.2, 0.25) is 0 Å². The number of hydrogen-bond acceptors (Lipinski definition) is 7. The molecule has 30 heavy (non-hydrogen) atoms. The molecule has 7 nitrogen and oxygen atoms in total. The molecule has 1 aliphatic heterocycles. The molecule has 2 fully saturated rings. The van der Waals surface area contributed by atoms with E-state index in [9.17, 15) is 4.79 Å². The number of rotatable bonds is 6. The maximum absolute atomic E-state index is 12.7. The molecule has 0 atom stereocenters. The number of benzene rings is 1. The summed E-state index contributed by atoms with van der Waals surface area (Å²) in [6.45, 7) is 3.84. The van der Waals surface area contributed by atoms with Gasteiger partial charge in [0.15, 0.2) is 5.69 Å². The van der Waals surface area contributed by atoms with Gasteiger partial charge >= 0.3 is 0 Å². The van der Waals surface area contributed by atoms with Gasteiger partial charge < -0.3 is 14.2 Å². The molecule has 1 aliphatic carbocycles. The number of carbonyl (C=O) groups is 1. The molecule has 0 radical (unpaired) electrons. The van der Waals surface area contributed by atoms with Crippen LogP contribution in [-0.2, 0) is 6.54 Å². The van der Waals surface area contributed by atoms with Gasteiger partial charge in [-0.1, -0.05) is 5.16 Å². The van der Waals surface area contributed by atoms with Crippen molar-refractivity contribution in [2.45, 2.75) is 25.3 Å². The number of ether oxygens (including phenoxy) is 1. The second-order valence-corrected chi connectivity index (χ2v) is 8.69. The first kappa shape index (κ1) is 19.3.